The summed E-state index contributed by atoms with van der Waals surface area (Å²) in [7, 11) is 0. The average molecular weight is 506 g/mol. The second-order valence-corrected chi connectivity index (χ2v) is 13.0. The van der Waals surface area contributed by atoms with Crippen molar-refractivity contribution in [2.24, 2.45) is 28.6 Å². The molecule has 3 rings (SSSR count). The van der Waals surface area contributed by atoms with Crippen molar-refractivity contribution in [2.75, 3.05) is 0 Å². The lowest BCUT2D eigenvalue weighted by Crippen LogP contribution is -2.45. The summed E-state index contributed by atoms with van der Waals surface area (Å²) in [5, 5.41) is 24.7. The van der Waals surface area contributed by atoms with E-state index in [1.807, 2.05) is 32.2 Å². The van der Waals surface area contributed by atoms with Crippen molar-refractivity contribution >= 4 is 29.2 Å². The molecule has 0 amide bonds. The molecule has 35 heavy (non-hydrogen) atoms. The monoisotopic (exact) mass is 505 g/mol. The van der Waals surface area contributed by atoms with Gasteiger partial charge in [-0.25, -0.2) is 4.98 Å². The molecule has 196 valence electrons. The van der Waals surface area contributed by atoms with Gasteiger partial charge in [0, 0.05) is 11.3 Å². The second-order valence-electron chi connectivity index (χ2n) is 11.9. The maximum atomic E-state index is 13.2. The number of nitrogens with zero attached hydrogens (tertiary/aromatic N) is 1. The normalized spacial score (nSPS) is 37.5. The summed E-state index contributed by atoms with van der Waals surface area (Å²) in [5.74, 6) is -0.926. The van der Waals surface area contributed by atoms with Crippen LogP contribution in [-0.4, -0.2) is 45.3 Å². The molecule has 1 aliphatic carbocycles. The second kappa shape index (κ2) is 10.8. The lowest BCUT2D eigenvalue weighted by Gasteiger charge is -2.34. The Balaban J connectivity index is 1.85. The van der Waals surface area contributed by atoms with Gasteiger partial charge in [0.05, 0.1) is 34.7 Å². The van der Waals surface area contributed by atoms with Crippen LogP contribution in [0.1, 0.15) is 90.8 Å². The number of carbonyl (C=O) groups excluding carboxylic acids is 2. The van der Waals surface area contributed by atoms with Gasteiger partial charge in [-0.1, -0.05) is 41.0 Å². The van der Waals surface area contributed by atoms with Gasteiger partial charge in [-0.3, -0.25) is 9.59 Å². The average Bonchev–Trinajstić information content (AvgIpc) is 3.22. The Kier molecular flexibility index (Phi) is 8.65. The molecule has 0 radical (unpaired) electrons. The topological polar surface area (TPSA) is 96.7 Å². The van der Waals surface area contributed by atoms with E-state index in [0.717, 1.165) is 48.4 Å². The fourth-order valence-corrected chi connectivity index (χ4v) is 6.12. The van der Waals surface area contributed by atoms with Crippen LogP contribution in [0.5, 0.6) is 0 Å². The first kappa shape index (κ1) is 28.0. The number of aliphatic hydroxyl groups is 2. The number of fused-ring (bicyclic) bond motifs is 1. The molecule has 1 aromatic heterocycles. The lowest BCUT2D eigenvalue weighted by atomic mass is 9.73. The number of ether oxygens (including phenoxy) is 1. The predicted octanol–water partition coefficient (Wildman–Crippen LogP) is 5.35. The number of hydrogen-bond donors (Lipinski definition) is 2. The quantitative estimate of drug-likeness (QED) is 0.526. The highest BCUT2D eigenvalue weighted by atomic mass is 32.1. The summed E-state index contributed by atoms with van der Waals surface area (Å²) >= 11 is 1.58. The van der Waals surface area contributed by atoms with Crippen molar-refractivity contribution in [3.63, 3.8) is 0 Å². The van der Waals surface area contributed by atoms with Crippen molar-refractivity contribution in [3.8, 4) is 0 Å². The van der Waals surface area contributed by atoms with Gasteiger partial charge >= 0.3 is 5.97 Å². The maximum absolute atomic E-state index is 13.2. The number of carbonyl (C=O) groups is 2. The number of thiazole rings is 1. The van der Waals surface area contributed by atoms with Crippen LogP contribution < -0.4 is 0 Å². The Morgan fingerprint density at radius 2 is 1.91 bits per heavy atom. The molecular formula is C28H43NO5S. The molecule has 1 saturated carbocycles. The molecule has 2 fully saturated rings. The first-order valence-corrected chi connectivity index (χ1v) is 13.8. The van der Waals surface area contributed by atoms with Gasteiger partial charge in [0.25, 0.3) is 0 Å². The van der Waals surface area contributed by atoms with Gasteiger partial charge in [-0.15, -0.1) is 11.3 Å². The van der Waals surface area contributed by atoms with E-state index in [2.05, 4.69) is 11.9 Å². The van der Waals surface area contributed by atoms with Gasteiger partial charge in [-0.2, -0.15) is 0 Å². The summed E-state index contributed by atoms with van der Waals surface area (Å²) in [6.07, 6.45) is 4.06. The van der Waals surface area contributed by atoms with E-state index in [9.17, 15) is 19.8 Å². The van der Waals surface area contributed by atoms with Crippen LogP contribution in [0.3, 0.4) is 0 Å². The number of cyclic esters (lactones) is 1. The van der Waals surface area contributed by atoms with Gasteiger partial charge in [0.1, 0.15) is 11.9 Å². The number of aromatic nitrogens is 1. The molecule has 2 heterocycles. The Hall–Kier alpha value is -1.57. The third-order valence-electron chi connectivity index (χ3n) is 8.58. The third-order valence-corrected chi connectivity index (χ3v) is 9.37. The van der Waals surface area contributed by atoms with Crippen LogP contribution >= 0.6 is 11.3 Å². The van der Waals surface area contributed by atoms with E-state index in [1.165, 1.54) is 0 Å². The highest BCUT2D eigenvalue weighted by molar-refractivity contribution is 7.09. The number of esters is 1. The molecule has 7 unspecified atom stereocenters. The van der Waals surface area contributed by atoms with Crippen LogP contribution in [0.4, 0.5) is 0 Å². The zero-order valence-electron chi connectivity index (χ0n) is 22.3. The molecule has 1 aliphatic heterocycles. The fourth-order valence-electron chi connectivity index (χ4n) is 5.55. The highest BCUT2D eigenvalue weighted by Crippen LogP contribution is 2.58. The van der Waals surface area contributed by atoms with Gasteiger partial charge in [0.15, 0.2) is 0 Å². The van der Waals surface area contributed by atoms with Gasteiger partial charge in [0.2, 0.25) is 0 Å². The molecule has 0 spiro atoms. The SMILES string of the molecule is C/C(=C\c1csc(C)n1)C1CC2CC2(C)CCCC(C)C(O)C(C)C(=O)C(C)(C)C(O)CC(=O)O1. The van der Waals surface area contributed by atoms with Crippen LogP contribution in [0.15, 0.2) is 11.0 Å². The van der Waals surface area contributed by atoms with Crippen LogP contribution in [0.2, 0.25) is 0 Å². The number of aliphatic hydroxyl groups excluding tert-OH is 2. The van der Waals surface area contributed by atoms with E-state index < -0.39 is 35.6 Å². The van der Waals surface area contributed by atoms with Crippen molar-refractivity contribution in [3.05, 3.63) is 21.7 Å². The Morgan fingerprint density at radius 3 is 2.54 bits per heavy atom. The lowest BCUT2D eigenvalue weighted by molar-refractivity contribution is -0.154. The number of Topliss-reactive ketones (excluding diaryl/α,β-unsaturated/α-hetero) is 1. The van der Waals surface area contributed by atoms with Gasteiger partial charge < -0.3 is 14.9 Å². The van der Waals surface area contributed by atoms with Crippen LogP contribution in [-0.2, 0) is 14.3 Å². The minimum atomic E-state index is -1.20. The van der Waals surface area contributed by atoms with E-state index in [1.54, 1.807) is 32.1 Å². The Bertz CT molecular complexity index is 953. The molecule has 0 aromatic carbocycles. The summed E-state index contributed by atoms with van der Waals surface area (Å²) in [6, 6.07) is 0. The van der Waals surface area contributed by atoms with Crippen LogP contribution in [0.25, 0.3) is 6.08 Å². The van der Waals surface area contributed by atoms with Crippen molar-refractivity contribution in [1.29, 1.82) is 0 Å². The smallest absolute Gasteiger partial charge is 0.309 e. The summed E-state index contributed by atoms with van der Waals surface area (Å²) in [4.78, 5) is 30.7. The summed E-state index contributed by atoms with van der Waals surface area (Å²) in [6.45, 7) is 13.2. The summed E-state index contributed by atoms with van der Waals surface area (Å²) in [5.41, 5.74) is 0.825. The molecule has 1 aromatic rings. The van der Waals surface area contributed by atoms with E-state index in [-0.39, 0.29) is 23.5 Å². The van der Waals surface area contributed by atoms with Gasteiger partial charge in [-0.05, 0) is 68.4 Å². The largest absolute Gasteiger partial charge is 0.458 e. The van der Waals surface area contributed by atoms with Crippen molar-refractivity contribution in [2.45, 2.75) is 105 Å². The highest BCUT2D eigenvalue weighted by Gasteiger charge is 2.50. The number of rotatable bonds is 2. The minimum Gasteiger partial charge on any atom is -0.458 e. The minimum absolute atomic E-state index is 0.0138. The fraction of sp³-hybridized carbons (Fsp3) is 0.750. The van der Waals surface area contributed by atoms with Crippen molar-refractivity contribution in [1.82, 2.24) is 4.98 Å². The first-order chi connectivity index (χ1) is 16.2. The van der Waals surface area contributed by atoms with Crippen LogP contribution in [0, 0.1) is 35.5 Å². The molecule has 1 saturated heterocycles. The standard InChI is InChI=1S/C28H43NO5S/c1-16-9-8-10-28(7)14-20(28)12-22(17(2)11-21-15-35-19(4)29-21)34-24(31)13-23(30)27(5,6)26(33)18(3)25(16)32/h11,15-16,18,20,22-23,25,30,32H,8-10,12-14H2,1-7H3/b17-11+. The maximum Gasteiger partial charge on any atom is 0.309 e. The number of aryl methyl sites for hydroxylation is 1. The molecule has 2 aliphatic rings. The van der Waals surface area contributed by atoms with E-state index in [4.69, 9.17) is 4.74 Å². The number of hydrogen-bond acceptors (Lipinski definition) is 7. The molecular weight excluding hydrogens is 462 g/mol. The Labute approximate surface area is 214 Å². The van der Waals surface area contributed by atoms with E-state index in [0.29, 0.717) is 5.92 Å². The molecule has 6 nitrogen and oxygen atoms in total. The third kappa shape index (κ3) is 6.60. The van der Waals surface area contributed by atoms with Crippen molar-refractivity contribution < 1.29 is 24.5 Å². The summed E-state index contributed by atoms with van der Waals surface area (Å²) < 4.78 is 5.95. The zero-order chi connectivity index (χ0) is 26.1. The molecule has 7 atom stereocenters. The predicted molar refractivity (Wildman–Crippen MR) is 139 cm³/mol. The molecule has 2 N–H and O–H groups in total. The van der Waals surface area contributed by atoms with E-state index >= 15 is 0 Å². The molecule has 0 bridgehead atoms. The number of ketones is 1. The first-order valence-electron chi connectivity index (χ1n) is 12.9. The molecule has 7 heteroatoms. The Morgan fingerprint density at radius 1 is 1.23 bits per heavy atom. The zero-order valence-corrected chi connectivity index (χ0v) is 23.2.